The lowest BCUT2D eigenvalue weighted by Crippen LogP contribution is -2.25. The van der Waals surface area contributed by atoms with E-state index in [1.54, 1.807) is 0 Å². The number of nitrogens with one attached hydrogen (secondary N) is 1. The smallest absolute Gasteiger partial charge is 0.255 e. The fourth-order valence-electron chi connectivity index (χ4n) is 3.31. The number of hydrogen-bond acceptors (Lipinski definition) is 3. The van der Waals surface area contributed by atoms with Crippen LogP contribution < -0.4 is 15.0 Å². The van der Waals surface area contributed by atoms with Crippen molar-refractivity contribution in [3.8, 4) is 5.75 Å². The summed E-state index contributed by atoms with van der Waals surface area (Å²) in [6.07, 6.45) is 1.82. The highest BCUT2D eigenvalue weighted by atomic mass is 16.5. The summed E-state index contributed by atoms with van der Waals surface area (Å²) in [5.41, 5.74) is 3.09. The van der Waals surface area contributed by atoms with E-state index in [-0.39, 0.29) is 5.91 Å². The molecule has 0 atom stereocenters. The summed E-state index contributed by atoms with van der Waals surface area (Å²) < 4.78 is 5.71. The Bertz CT molecular complexity index is 933. The van der Waals surface area contributed by atoms with E-state index in [4.69, 9.17) is 4.74 Å². The molecule has 4 nitrogen and oxygen atoms in total. The van der Waals surface area contributed by atoms with Gasteiger partial charge in [0.2, 0.25) is 0 Å². The van der Waals surface area contributed by atoms with Crippen molar-refractivity contribution in [1.82, 2.24) is 5.32 Å². The molecule has 3 aromatic carbocycles. The van der Waals surface area contributed by atoms with Gasteiger partial charge in [0.15, 0.2) is 0 Å². The Kier molecular flexibility index (Phi) is 6.53. The van der Waals surface area contributed by atoms with E-state index < -0.39 is 0 Å². The molecule has 0 aliphatic heterocycles. The van der Waals surface area contributed by atoms with Crippen molar-refractivity contribution < 1.29 is 9.53 Å². The molecule has 0 radical (unpaired) electrons. The first kappa shape index (κ1) is 19.7. The van der Waals surface area contributed by atoms with Gasteiger partial charge in [-0.1, -0.05) is 42.5 Å². The molecule has 1 N–H and O–H groups in total. The van der Waals surface area contributed by atoms with Crippen molar-refractivity contribution >= 4 is 22.4 Å². The molecular formula is C24H28N2O2. The zero-order valence-electron chi connectivity index (χ0n) is 16.9. The number of amides is 1. The molecular weight excluding hydrogens is 348 g/mol. The molecule has 3 rings (SSSR count). The van der Waals surface area contributed by atoms with Crippen LogP contribution in [0.25, 0.3) is 10.8 Å². The molecule has 0 aromatic heterocycles. The molecule has 0 aliphatic rings. The normalized spacial score (nSPS) is 10.7. The Labute approximate surface area is 167 Å². The van der Waals surface area contributed by atoms with Crippen molar-refractivity contribution in [2.75, 3.05) is 32.1 Å². The Morgan fingerprint density at radius 2 is 1.75 bits per heavy atom. The van der Waals surface area contributed by atoms with Crippen LogP contribution in [0.1, 0.15) is 29.3 Å². The third-order valence-electron chi connectivity index (χ3n) is 4.80. The lowest BCUT2D eigenvalue weighted by Gasteiger charge is -2.14. The molecule has 146 valence electrons. The number of benzene rings is 3. The van der Waals surface area contributed by atoms with Crippen LogP contribution in [0.15, 0.2) is 60.7 Å². The van der Waals surface area contributed by atoms with Gasteiger partial charge in [-0.15, -0.1) is 0 Å². The van der Waals surface area contributed by atoms with Gasteiger partial charge in [-0.3, -0.25) is 4.79 Å². The zero-order valence-corrected chi connectivity index (χ0v) is 16.9. The number of rotatable bonds is 8. The third-order valence-corrected chi connectivity index (χ3v) is 4.80. The lowest BCUT2D eigenvalue weighted by molar-refractivity contribution is 0.0951. The Balaban J connectivity index is 1.64. The van der Waals surface area contributed by atoms with Gasteiger partial charge in [-0.05, 0) is 54.3 Å². The summed E-state index contributed by atoms with van der Waals surface area (Å²) in [4.78, 5) is 15.0. The average Bonchev–Trinajstić information content (AvgIpc) is 2.71. The number of carbonyl (C=O) groups is 1. The molecule has 3 aromatic rings. The van der Waals surface area contributed by atoms with E-state index in [9.17, 15) is 4.79 Å². The van der Waals surface area contributed by atoms with Crippen LogP contribution in [0.2, 0.25) is 0 Å². The zero-order chi connectivity index (χ0) is 19.9. The van der Waals surface area contributed by atoms with Crippen LogP contribution in [-0.2, 0) is 6.42 Å². The molecule has 28 heavy (non-hydrogen) atoms. The molecule has 0 bridgehead atoms. The predicted octanol–water partition coefficient (Wildman–Crippen LogP) is 4.67. The van der Waals surface area contributed by atoms with Gasteiger partial charge in [0.05, 0.1) is 12.2 Å². The molecule has 0 saturated carbocycles. The maximum atomic E-state index is 12.9. The minimum Gasteiger partial charge on any atom is -0.493 e. The van der Waals surface area contributed by atoms with Crippen molar-refractivity contribution in [2.24, 2.45) is 0 Å². The number of carbonyl (C=O) groups excluding carboxylic acids is 1. The number of anilines is 1. The van der Waals surface area contributed by atoms with E-state index in [2.05, 4.69) is 34.5 Å². The first-order valence-electron chi connectivity index (χ1n) is 9.79. The predicted molar refractivity (Wildman–Crippen MR) is 117 cm³/mol. The minimum atomic E-state index is -0.0804. The van der Waals surface area contributed by atoms with E-state index in [1.165, 1.54) is 11.3 Å². The number of nitrogens with zero attached hydrogens (tertiary/aromatic N) is 1. The molecule has 0 spiro atoms. The second-order valence-corrected chi connectivity index (χ2v) is 7.01. The van der Waals surface area contributed by atoms with Crippen molar-refractivity contribution in [2.45, 2.75) is 19.8 Å². The second-order valence-electron chi connectivity index (χ2n) is 7.01. The second kappa shape index (κ2) is 9.27. The minimum absolute atomic E-state index is 0.0804. The summed E-state index contributed by atoms with van der Waals surface area (Å²) >= 11 is 0. The van der Waals surface area contributed by atoms with Gasteiger partial charge in [0, 0.05) is 26.3 Å². The summed E-state index contributed by atoms with van der Waals surface area (Å²) in [7, 11) is 4.07. The number of aryl methyl sites for hydroxylation is 1. The van der Waals surface area contributed by atoms with Crippen LogP contribution >= 0.6 is 0 Å². The number of hydrogen-bond donors (Lipinski definition) is 1. The molecule has 0 fully saturated rings. The first-order valence-corrected chi connectivity index (χ1v) is 9.79. The van der Waals surface area contributed by atoms with Crippen LogP contribution in [0.4, 0.5) is 5.69 Å². The van der Waals surface area contributed by atoms with E-state index in [0.717, 1.165) is 23.6 Å². The highest BCUT2D eigenvalue weighted by Gasteiger charge is 2.16. The van der Waals surface area contributed by atoms with Crippen LogP contribution in [0.3, 0.4) is 0 Å². The van der Waals surface area contributed by atoms with E-state index in [1.807, 2.05) is 57.4 Å². The maximum absolute atomic E-state index is 12.9. The summed E-state index contributed by atoms with van der Waals surface area (Å²) in [5, 5.41) is 5.02. The Morgan fingerprint density at radius 1 is 1.00 bits per heavy atom. The van der Waals surface area contributed by atoms with Gasteiger partial charge in [-0.25, -0.2) is 0 Å². The van der Waals surface area contributed by atoms with Crippen molar-refractivity contribution in [3.63, 3.8) is 0 Å². The van der Waals surface area contributed by atoms with Gasteiger partial charge in [-0.2, -0.15) is 0 Å². The van der Waals surface area contributed by atoms with Gasteiger partial charge >= 0.3 is 0 Å². The number of ether oxygens (including phenoxy) is 1. The quantitative estimate of drug-likeness (QED) is 0.581. The van der Waals surface area contributed by atoms with Crippen molar-refractivity contribution in [1.29, 1.82) is 0 Å². The SMILES string of the molecule is CCOc1ccc2ccccc2c1C(=O)NCCCc1ccc(N(C)C)cc1. The Morgan fingerprint density at radius 3 is 2.46 bits per heavy atom. The monoisotopic (exact) mass is 376 g/mol. The number of fused-ring (bicyclic) bond motifs is 1. The topological polar surface area (TPSA) is 41.6 Å². The highest BCUT2D eigenvalue weighted by molar-refractivity contribution is 6.09. The summed E-state index contributed by atoms with van der Waals surface area (Å²) in [5.74, 6) is 0.557. The average molecular weight is 377 g/mol. The Hall–Kier alpha value is -3.01. The van der Waals surface area contributed by atoms with E-state index >= 15 is 0 Å². The van der Waals surface area contributed by atoms with Crippen LogP contribution in [0, 0.1) is 0 Å². The largest absolute Gasteiger partial charge is 0.493 e. The highest BCUT2D eigenvalue weighted by Crippen LogP contribution is 2.28. The van der Waals surface area contributed by atoms with Gasteiger partial charge in [0.1, 0.15) is 5.75 Å². The van der Waals surface area contributed by atoms with Gasteiger partial charge < -0.3 is 15.0 Å². The van der Waals surface area contributed by atoms with E-state index in [0.29, 0.717) is 24.5 Å². The summed E-state index contributed by atoms with van der Waals surface area (Å²) in [6, 6.07) is 20.3. The molecule has 4 heteroatoms. The van der Waals surface area contributed by atoms with Crippen molar-refractivity contribution in [3.05, 3.63) is 71.8 Å². The molecule has 0 unspecified atom stereocenters. The third kappa shape index (κ3) is 4.63. The molecule has 0 heterocycles. The lowest BCUT2D eigenvalue weighted by atomic mass is 10.0. The summed E-state index contributed by atoms with van der Waals surface area (Å²) in [6.45, 7) is 3.09. The maximum Gasteiger partial charge on any atom is 0.255 e. The molecule has 0 saturated heterocycles. The fraction of sp³-hybridized carbons (Fsp3) is 0.292. The van der Waals surface area contributed by atoms with Crippen LogP contribution in [0.5, 0.6) is 5.75 Å². The first-order chi connectivity index (χ1) is 13.6. The fourth-order valence-corrected chi connectivity index (χ4v) is 3.31. The van der Waals surface area contributed by atoms with Gasteiger partial charge in [0.25, 0.3) is 5.91 Å². The standard InChI is InChI=1S/C24H28N2O2/c1-4-28-22-16-13-19-9-5-6-10-21(19)23(22)24(27)25-17-7-8-18-11-14-20(15-12-18)26(2)3/h5-6,9-16H,4,7-8,17H2,1-3H3,(H,25,27). The molecule has 0 aliphatic carbocycles. The molecule has 1 amide bonds. The van der Waals surface area contributed by atoms with Crippen LogP contribution in [-0.4, -0.2) is 33.2 Å².